The summed E-state index contributed by atoms with van der Waals surface area (Å²) in [5.74, 6) is 0.613. The highest BCUT2D eigenvalue weighted by molar-refractivity contribution is 6.09. The molecule has 0 saturated carbocycles. The average Bonchev–Trinajstić information content (AvgIpc) is 3.20. The predicted octanol–water partition coefficient (Wildman–Crippen LogP) is 4.56. The summed E-state index contributed by atoms with van der Waals surface area (Å²) in [6, 6.07) is 14.8. The van der Waals surface area contributed by atoms with E-state index in [0.29, 0.717) is 35.7 Å². The molecule has 0 atom stereocenters. The molecule has 8 nitrogen and oxygen atoms in total. The van der Waals surface area contributed by atoms with Gasteiger partial charge in [0.05, 0.1) is 11.2 Å². The van der Waals surface area contributed by atoms with Gasteiger partial charge in [-0.05, 0) is 50.5 Å². The lowest BCUT2D eigenvalue weighted by Gasteiger charge is -2.13. The molecule has 3 aromatic heterocycles. The molecular formula is C26H23N5O3. The summed E-state index contributed by atoms with van der Waals surface area (Å²) in [5, 5.41) is 8.12. The van der Waals surface area contributed by atoms with E-state index in [-0.39, 0.29) is 17.4 Å². The highest BCUT2D eigenvalue weighted by Gasteiger charge is 2.28. The third kappa shape index (κ3) is 4.17. The molecule has 170 valence electrons. The molecule has 1 aliphatic carbocycles. The van der Waals surface area contributed by atoms with Crippen molar-refractivity contribution in [3.63, 3.8) is 0 Å². The van der Waals surface area contributed by atoms with E-state index in [2.05, 4.69) is 25.8 Å². The van der Waals surface area contributed by atoms with Gasteiger partial charge in [-0.25, -0.2) is 15.4 Å². The maximum atomic E-state index is 12.8. The standard InChI is InChI=1S/C26H23N5O3/c1-15-10-13-22(27-14-15)29-26(33)24-16(2)23-19(8-5-9-21(23)34-24)30-31-25(32)20-12-11-17-6-3-4-7-18(17)28-20/h3-4,6-7,10-14H,5,8-9H2,1-2H3,(H,31,32)(H,27,29,33)/b30-19+. The lowest BCUT2D eigenvalue weighted by Crippen LogP contribution is -2.23. The summed E-state index contributed by atoms with van der Waals surface area (Å²) in [4.78, 5) is 34.2. The van der Waals surface area contributed by atoms with Crippen LogP contribution in [0.25, 0.3) is 10.9 Å². The van der Waals surface area contributed by atoms with Gasteiger partial charge in [0.2, 0.25) is 0 Å². The third-order valence-electron chi connectivity index (χ3n) is 5.81. The average molecular weight is 454 g/mol. The lowest BCUT2D eigenvalue weighted by molar-refractivity contribution is 0.0949. The molecule has 0 bridgehead atoms. The number of fused-ring (bicyclic) bond motifs is 2. The first-order chi connectivity index (χ1) is 16.5. The fourth-order valence-corrected chi connectivity index (χ4v) is 4.08. The Morgan fingerprint density at radius 3 is 2.68 bits per heavy atom. The summed E-state index contributed by atoms with van der Waals surface area (Å²) >= 11 is 0. The molecule has 2 N–H and O–H groups in total. The number of nitrogens with one attached hydrogen (secondary N) is 2. The lowest BCUT2D eigenvalue weighted by atomic mass is 9.93. The van der Waals surface area contributed by atoms with Gasteiger partial charge in [0.15, 0.2) is 5.76 Å². The summed E-state index contributed by atoms with van der Waals surface area (Å²) in [6.07, 6.45) is 3.86. The monoisotopic (exact) mass is 453 g/mol. The molecule has 0 aliphatic heterocycles. The fourth-order valence-electron chi connectivity index (χ4n) is 4.08. The second-order valence-electron chi connectivity index (χ2n) is 8.27. The second-order valence-corrected chi connectivity index (χ2v) is 8.27. The number of hydrogen-bond donors (Lipinski definition) is 2. The van der Waals surface area contributed by atoms with Crippen LogP contribution in [-0.2, 0) is 6.42 Å². The van der Waals surface area contributed by atoms with Crippen LogP contribution in [-0.4, -0.2) is 27.5 Å². The van der Waals surface area contributed by atoms with Crippen molar-refractivity contribution >= 4 is 34.2 Å². The number of nitrogens with zero attached hydrogens (tertiary/aromatic N) is 3. The van der Waals surface area contributed by atoms with Gasteiger partial charge in [-0.15, -0.1) is 0 Å². The first-order valence-electron chi connectivity index (χ1n) is 11.1. The number of amides is 2. The molecule has 0 radical (unpaired) electrons. The fraction of sp³-hybridized carbons (Fsp3) is 0.192. The molecule has 0 spiro atoms. The number of furan rings is 1. The molecule has 0 saturated heterocycles. The highest BCUT2D eigenvalue weighted by Crippen LogP contribution is 2.30. The van der Waals surface area contributed by atoms with Crippen LogP contribution < -0.4 is 10.7 Å². The Balaban J connectivity index is 1.37. The van der Waals surface area contributed by atoms with Gasteiger partial charge in [0, 0.05) is 29.1 Å². The zero-order chi connectivity index (χ0) is 23.7. The molecule has 3 heterocycles. The number of benzene rings is 1. The van der Waals surface area contributed by atoms with E-state index in [1.165, 1.54) is 0 Å². The van der Waals surface area contributed by atoms with Crippen molar-refractivity contribution in [3.8, 4) is 0 Å². The largest absolute Gasteiger partial charge is 0.455 e. The van der Waals surface area contributed by atoms with Crippen molar-refractivity contribution in [1.82, 2.24) is 15.4 Å². The smallest absolute Gasteiger partial charge is 0.292 e. The van der Waals surface area contributed by atoms with Crippen molar-refractivity contribution in [2.45, 2.75) is 33.1 Å². The van der Waals surface area contributed by atoms with Gasteiger partial charge in [0.1, 0.15) is 17.3 Å². The molecule has 5 rings (SSSR count). The van der Waals surface area contributed by atoms with E-state index in [9.17, 15) is 9.59 Å². The molecule has 1 aliphatic rings. The van der Waals surface area contributed by atoms with Gasteiger partial charge in [-0.2, -0.15) is 5.10 Å². The van der Waals surface area contributed by atoms with E-state index < -0.39 is 5.91 Å². The van der Waals surface area contributed by atoms with Crippen LogP contribution in [0.2, 0.25) is 0 Å². The van der Waals surface area contributed by atoms with Crippen LogP contribution in [0.1, 0.15) is 56.3 Å². The number of aryl methyl sites for hydroxylation is 2. The summed E-state index contributed by atoms with van der Waals surface area (Å²) in [5.41, 5.74) is 6.81. The first kappa shape index (κ1) is 21.5. The number of pyridine rings is 2. The van der Waals surface area contributed by atoms with Crippen molar-refractivity contribution in [2.24, 2.45) is 5.10 Å². The van der Waals surface area contributed by atoms with E-state index in [0.717, 1.165) is 28.5 Å². The van der Waals surface area contributed by atoms with E-state index >= 15 is 0 Å². The van der Waals surface area contributed by atoms with E-state index in [1.54, 1.807) is 18.3 Å². The summed E-state index contributed by atoms with van der Waals surface area (Å²) < 4.78 is 5.92. The Morgan fingerprint density at radius 2 is 1.85 bits per heavy atom. The Bertz CT molecular complexity index is 1440. The predicted molar refractivity (Wildman–Crippen MR) is 129 cm³/mol. The number of rotatable bonds is 4. The van der Waals surface area contributed by atoms with Crippen LogP contribution in [0.5, 0.6) is 0 Å². The van der Waals surface area contributed by atoms with E-state index in [4.69, 9.17) is 4.42 Å². The van der Waals surface area contributed by atoms with Crippen LogP contribution in [0.4, 0.5) is 5.82 Å². The minimum Gasteiger partial charge on any atom is -0.455 e. The quantitative estimate of drug-likeness (QED) is 0.440. The second kappa shape index (κ2) is 8.90. The number of carbonyl (C=O) groups excluding carboxylic acids is 2. The minimum atomic E-state index is -0.394. The van der Waals surface area contributed by atoms with Crippen LogP contribution in [0.3, 0.4) is 0 Å². The molecule has 0 unspecified atom stereocenters. The third-order valence-corrected chi connectivity index (χ3v) is 5.81. The highest BCUT2D eigenvalue weighted by atomic mass is 16.4. The van der Waals surface area contributed by atoms with Crippen LogP contribution in [0, 0.1) is 13.8 Å². The number of para-hydroxylation sites is 1. The first-order valence-corrected chi connectivity index (χ1v) is 11.1. The Hall–Kier alpha value is -4.33. The van der Waals surface area contributed by atoms with Crippen molar-refractivity contribution < 1.29 is 14.0 Å². The molecular weight excluding hydrogens is 430 g/mol. The van der Waals surface area contributed by atoms with Crippen molar-refractivity contribution in [2.75, 3.05) is 5.32 Å². The molecule has 34 heavy (non-hydrogen) atoms. The van der Waals surface area contributed by atoms with Gasteiger partial charge < -0.3 is 9.73 Å². The number of hydrogen-bond acceptors (Lipinski definition) is 6. The zero-order valence-corrected chi connectivity index (χ0v) is 18.9. The molecule has 2 amide bonds. The van der Waals surface area contributed by atoms with Crippen molar-refractivity contribution in [3.05, 3.63) is 88.6 Å². The Kier molecular flexibility index (Phi) is 5.63. The van der Waals surface area contributed by atoms with Crippen molar-refractivity contribution in [1.29, 1.82) is 0 Å². The topological polar surface area (TPSA) is 109 Å². The normalized spacial score (nSPS) is 14.1. The van der Waals surface area contributed by atoms with Crippen LogP contribution in [0.15, 0.2) is 64.2 Å². The number of aromatic nitrogens is 2. The van der Waals surface area contributed by atoms with Gasteiger partial charge >= 0.3 is 0 Å². The summed E-state index contributed by atoms with van der Waals surface area (Å²) in [7, 11) is 0. The van der Waals surface area contributed by atoms with Gasteiger partial charge in [0.25, 0.3) is 11.8 Å². The SMILES string of the molecule is Cc1ccc(NC(=O)c2oc3c(c2C)/C(=N/NC(=O)c2ccc4ccccc4n2)CCC3)nc1. The maximum Gasteiger partial charge on any atom is 0.292 e. The molecule has 1 aromatic carbocycles. The number of anilines is 1. The molecule has 8 heteroatoms. The van der Waals surface area contributed by atoms with E-state index in [1.807, 2.05) is 50.2 Å². The van der Waals surface area contributed by atoms with Crippen LogP contribution >= 0.6 is 0 Å². The molecule has 4 aromatic rings. The summed E-state index contributed by atoms with van der Waals surface area (Å²) in [6.45, 7) is 3.76. The minimum absolute atomic E-state index is 0.226. The maximum absolute atomic E-state index is 12.8. The number of carbonyl (C=O) groups is 2. The zero-order valence-electron chi connectivity index (χ0n) is 18.9. The number of hydrazone groups is 1. The Morgan fingerprint density at radius 1 is 1.00 bits per heavy atom. The van der Waals surface area contributed by atoms with Gasteiger partial charge in [-0.1, -0.05) is 30.3 Å². The molecule has 0 fully saturated rings. The Labute approximate surface area is 196 Å². The van der Waals surface area contributed by atoms with Gasteiger partial charge in [-0.3, -0.25) is 9.59 Å².